The second-order valence-corrected chi connectivity index (χ2v) is 3.24. The van der Waals surface area contributed by atoms with Gasteiger partial charge in [0.05, 0.1) is 11.8 Å². The highest BCUT2D eigenvalue weighted by Crippen LogP contribution is 2.19. The number of amides is 1. The van der Waals surface area contributed by atoms with Gasteiger partial charge in [0.25, 0.3) is 0 Å². The molecule has 4 nitrogen and oxygen atoms in total. The Hall–Kier alpha value is -1.78. The summed E-state index contributed by atoms with van der Waals surface area (Å²) in [7, 11) is 0. The monoisotopic (exact) mass is 213 g/mol. The van der Waals surface area contributed by atoms with E-state index in [1.807, 2.05) is 0 Å². The Morgan fingerprint density at radius 1 is 1.53 bits per heavy atom. The summed E-state index contributed by atoms with van der Waals surface area (Å²) in [6.45, 7) is 3.37. The molecule has 0 unspecified atom stereocenters. The van der Waals surface area contributed by atoms with Gasteiger partial charge in [-0.1, -0.05) is 0 Å². The third-order valence-corrected chi connectivity index (χ3v) is 1.53. The van der Waals surface area contributed by atoms with E-state index >= 15 is 0 Å². The van der Waals surface area contributed by atoms with Crippen LogP contribution in [0.25, 0.3) is 0 Å². The number of halogens is 1. The van der Waals surface area contributed by atoms with Crippen molar-refractivity contribution in [2.24, 2.45) is 0 Å². The molecular weight excluding hydrogens is 201 g/mol. The molecule has 1 rings (SSSR count). The zero-order valence-corrected chi connectivity index (χ0v) is 8.45. The van der Waals surface area contributed by atoms with Crippen molar-refractivity contribution in [1.82, 2.24) is 0 Å². The fourth-order valence-corrected chi connectivity index (χ4v) is 0.959. The highest BCUT2D eigenvalue weighted by Gasteiger charge is 2.09. The van der Waals surface area contributed by atoms with E-state index in [0.29, 0.717) is 0 Å². The average molecular weight is 213 g/mol. The lowest BCUT2D eigenvalue weighted by atomic mass is 10.3. The van der Waals surface area contributed by atoms with Crippen molar-refractivity contribution >= 4 is 11.8 Å². The predicted molar refractivity (Wildman–Crippen MR) is 53.3 cm³/mol. The molecule has 1 amide bonds. The quantitative estimate of drug-likeness (QED) is 0.742. The molecule has 5 heteroatoms. The first kappa shape index (κ1) is 11.3. The highest BCUT2D eigenvalue weighted by atomic mass is 19.1. The topological polar surface area (TPSA) is 58.6 Å². The van der Waals surface area contributed by atoms with E-state index in [1.165, 1.54) is 12.1 Å². The van der Waals surface area contributed by atoms with Crippen molar-refractivity contribution in [1.29, 1.82) is 0 Å². The molecule has 0 aliphatic heterocycles. The largest absolute Gasteiger partial charge is 0.508 e. The van der Waals surface area contributed by atoms with Crippen molar-refractivity contribution in [2.45, 2.75) is 20.0 Å². The molecule has 0 heterocycles. The van der Waals surface area contributed by atoms with Crippen LogP contribution in [0.2, 0.25) is 0 Å². The first-order chi connectivity index (χ1) is 6.99. The van der Waals surface area contributed by atoms with Crippen molar-refractivity contribution in [3.05, 3.63) is 24.0 Å². The van der Waals surface area contributed by atoms with Gasteiger partial charge in [-0.05, 0) is 26.0 Å². The van der Waals surface area contributed by atoms with Gasteiger partial charge in [0.2, 0.25) is 0 Å². The summed E-state index contributed by atoms with van der Waals surface area (Å²) in [5.74, 6) is -0.911. The number of rotatable bonds is 2. The second kappa shape index (κ2) is 4.63. The minimum absolute atomic E-state index is 0.0292. The number of ether oxygens (including phenoxy) is 1. The molecule has 0 aromatic heterocycles. The van der Waals surface area contributed by atoms with Crippen LogP contribution in [0.4, 0.5) is 14.9 Å². The molecule has 0 spiro atoms. The molecule has 0 bridgehead atoms. The number of nitrogens with one attached hydrogen (secondary N) is 1. The predicted octanol–water partition coefficient (Wildman–Crippen LogP) is 2.49. The molecule has 0 atom stereocenters. The molecule has 0 radical (unpaired) electrons. The number of benzene rings is 1. The summed E-state index contributed by atoms with van der Waals surface area (Å²) >= 11 is 0. The van der Waals surface area contributed by atoms with Crippen molar-refractivity contribution in [3.63, 3.8) is 0 Å². The van der Waals surface area contributed by atoms with E-state index in [2.05, 4.69) is 5.32 Å². The molecule has 0 aliphatic carbocycles. The summed E-state index contributed by atoms with van der Waals surface area (Å²) in [6, 6.07) is 3.44. The van der Waals surface area contributed by atoms with Gasteiger partial charge >= 0.3 is 6.09 Å². The van der Waals surface area contributed by atoms with Crippen LogP contribution in [0.3, 0.4) is 0 Å². The lowest BCUT2D eigenvalue weighted by Gasteiger charge is -2.09. The SMILES string of the molecule is CC(C)OC(=O)Nc1ccc(O)cc1F. The van der Waals surface area contributed by atoms with E-state index < -0.39 is 11.9 Å². The van der Waals surface area contributed by atoms with E-state index in [1.54, 1.807) is 13.8 Å². The molecule has 0 fully saturated rings. The Balaban J connectivity index is 2.68. The van der Waals surface area contributed by atoms with E-state index in [0.717, 1.165) is 6.07 Å². The molecule has 2 N–H and O–H groups in total. The van der Waals surface area contributed by atoms with Gasteiger partial charge in [-0.25, -0.2) is 9.18 Å². The third kappa shape index (κ3) is 3.46. The fourth-order valence-electron chi connectivity index (χ4n) is 0.959. The van der Waals surface area contributed by atoms with Crippen molar-refractivity contribution in [2.75, 3.05) is 5.32 Å². The smallest absolute Gasteiger partial charge is 0.411 e. The fraction of sp³-hybridized carbons (Fsp3) is 0.300. The van der Waals surface area contributed by atoms with Gasteiger partial charge in [0, 0.05) is 6.07 Å². The number of anilines is 1. The number of phenols is 1. The van der Waals surface area contributed by atoms with Crippen molar-refractivity contribution in [3.8, 4) is 5.75 Å². The maximum Gasteiger partial charge on any atom is 0.411 e. The third-order valence-electron chi connectivity index (χ3n) is 1.53. The zero-order chi connectivity index (χ0) is 11.4. The number of carbonyl (C=O) groups excluding carboxylic acids is 1. The van der Waals surface area contributed by atoms with Gasteiger partial charge in [-0.2, -0.15) is 0 Å². The lowest BCUT2D eigenvalue weighted by Crippen LogP contribution is -2.18. The van der Waals surface area contributed by atoms with Crippen LogP contribution in [0, 0.1) is 5.82 Å². The molecule has 15 heavy (non-hydrogen) atoms. The number of aromatic hydroxyl groups is 1. The van der Waals surface area contributed by atoms with E-state index in [4.69, 9.17) is 9.84 Å². The van der Waals surface area contributed by atoms with Crippen LogP contribution in [-0.2, 0) is 4.74 Å². The number of phenolic OH excluding ortho intramolecular Hbond substituents is 1. The van der Waals surface area contributed by atoms with Crippen LogP contribution >= 0.6 is 0 Å². The summed E-state index contributed by atoms with van der Waals surface area (Å²) in [4.78, 5) is 11.1. The minimum atomic E-state index is -0.727. The first-order valence-corrected chi connectivity index (χ1v) is 4.45. The lowest BCUT2D eigenvalue weighted by molar-refractivity contribution is 0.130. The van der Waals surface area contributed by atoms with E-state index in [-0.39, 0.29) is 17.5 Å². The van der Waals surface area contributed by atoms with Gasteiger partial charge < -0.3 is 9.84 Å². The molecule has 1 aromatic carbocycles. The van der Waals surface area contributed by atoms with Crippen LogP contribution < -0.4 is 5.32 Å². The number of carbonyl (C=O) groups is 1. The van der Waals surface area contributed by atoms with Gasteiger partial charge in [-0.3, -0.25) is 5.32 Å². The Morgan fingerprint density at radius 3 is 2.73 bits per heavy atom. The molecule has 0 saturated heterocycles. The maximum absolute atomic E-state index is 13.1. The molecule has 82 valence electrons. The highest BCUT2D eigenvalue weighted by molar-refractivity contribution is 5.84. The molecule has 0 aliphatic rings. The van der Waals surface area contributed by atoms with Crippen LogP contribution in [0.5, 0.6) is 5.75 Å². The van der Waals surface area contributed by atoms with Crippen LogP contribution in [0.1, 0.15) is 13.8 Å². The molecular formula is C10H12FNO3. The second-order valence-electron chi connectivity index (χ2n) is 3.24. The Kier molecular flexibility index (Phi) is 3.49. The van der Waals surface area contributed by atoms with Crippen LogP contribution in [0.15, 0.2) is 18.2 Å². The van der Waals surface area contributed by atoms with Crippen molar-refractivity contribution < 1.29 is 19.0 Å². The summed E-state index contributed by atoms with van der Waals surface area (Å²) in [5.41, 5.74) is -0.0292. The van der Waals surface area contributed by atoms with Gasteiger partial charge in [-0.15, -0.1) is 0 Å². The Labute approximate surface area is 86.7 Å². The zero-order valence-electron chi connectivity index (χ0n) is 8.45. The minimum Gasteiger partial charge on any atom is -0.508 e. The van der Waals surface area contributed by atoms with Gasteiger partial charge in [0.1, 0.15) is 11.6 Å². The Bertz CT molecular complexity index is 366. The van der Waals surface area contributed by atoms with E-state index in [9.17, 15) is 9.18 Å². The summed E-state index contributed by atoms with van der Waals surface area (Å²) in [6.07, 6.45) is -1.00. The summed E-state index contributed by atoms with van der Waals surface area (Å²) < 4.78 is 17.9. The normalized spacial score (nSPS) is 10.1. The number of hydrogen-bond donors (Lipinski definition) is 2. The Morgan fingerprint density at radius 2 is 2.20 bits per heavy atom. The van der Waals surface area contributed by atoms with Gasteiger partial charge in [0.15, 0.2) is 0 Å². The number of hydrogen-bond acceptors (Lipinski definition) is 3. The first-order valence-electron chi connectivity index (χ1n) is 4.45. The maximum atomic E-state index is 13.1. The molecule has 0 saturated carbocycles. The summed E-state index contributed by atoms with van der Waals surface area (Å²) in [5, 5.41) is 11.2. The average Bonchev–Trinajstić information content (AvgIpc) is 2.08. The molecule has 1 aromatic rings. The van der Waals surface area contributed by atoms with Crippen LogP contribution in [-0.4, -0.2) is 17.3 Å². The standard InChI is InChI=1S/C10H12FNO3/c1-6(2)15-10(14)12-9-4-3-7(13)5-8(9)11/h3-6,13H,1-2H3,(H,12,14).